The molecule has 1 aliphatic heterocycles. The maximum atomic E-state index is 13.5. The van der Waals surface area contributed by atoms with Crippen molar-refractivity contribution < 1.29 is 14.3 Å². The van der Waals surface area contributed by atoms with Gasteiger partial charge in [-0.2, -0.15) is 4.98 Å². The van der Waals surface area contributed by atoms with E-state index in [-0.39, 0.29) is 17.4 Å². The van der Waals surface area contributed by atoms with Gasteiger partial charge in [-0.3, -0.25) is 4.79 Å². The number of likely N-dealkylation sites (N-methyl/N-ethyl adjacent to an activating group) is 1. The number of carbonyl (C=O) groups is 1. The Labute approximate surface area is 247 Å². The maximum Gasteiger partial charge on any atom is 0.262 e. The number of aromatic nitrogens is 2. The number of nitrogens with zero attached hydrogens (tertiary/aromatic N) is 4. The minimum absolute atomic E-state index is 0.117. The van der Waals surface area contributed by atoms with Gasteiger partial charge < -0.3 is 29.9 Å². The number of nitrogens with one attached hydrogen (secondary N) is 2. The molecule has 3 aromatic carbocycles. The van der Waals surface area contributed by atoms with Crippen molar-refractivity contribution >= 4 is 28.9 Å². The number of para-hydroxylation sites is 3. The Kier molecular flexibility index (Phi) is 8.88. The van der Waals surface area contributed by atoms with E-state index in [1.54, 1.807) is 6.07 Å². The van der Waals surface area contributed by atoms with Crippen LogP contribution in [-0.4, -0.2) is 60.1 Å². The summed E-state index contributed by atoms with van der Waals surface area (Å²) in [6.07, 6.45) is 1.48. The summed E-state index contributed by atoms with van der Waals surface area (Å²) < 4.78 is 12.0. The van der Waals surface area contributed by atoms with Gasteiger partial charge in [-0.25, -0.2) is 4.98 Å². The maximum absolute atomic E-state index is 13.5. The number of hydrogen-bond acceptors (Lipinski definition) is 8. The van der Waals surface area contributed by atoms with Gasteiger partial charge in [0.1, 0.15) is 5.56 Å². The SMILES string of the molecule is CCOc1ccccc1Oc1nc(Nc2ccc(N3CCN(C)C(C)C3)cc2)ncc1C(=O)Nc1c(C)cccc1C. The van der Waals surface area contributed by atoms with Gasteiger partial charge in [0.2, 0.25) is 11.8 Å². The molecule has 1 aromatic heterocycles. The molecule has 0 radical (unpaired) electrons. The third-order valence-corrected chi connectivity index (χ3v) is 7.52. The molecule has 1 amide bonds. The summed E-state index contributed by atoms with van der Waals surface area (Å²) in [5.41, 5.74) is 4.88. The highest BCUT2D eigenvalue weighted by Gasteiger charge is 2.22. The highest BCUT2D eigenvalue weighted by molar-refractivity contribution is 6.06. The second-order valence-corrected chi connectivity index (χ2v) is 10.6. The molecule has 42 heavy (non-hydrogen) atoms. The second kappa shape index (κ2) is 12.9. The minimum atomic E-state index is -0.367. The lowest BCUT2D eigenvalue weighted by Gasteiger charge is -2.39. The molecule has 0 saturated carbocycles. The molecule has 0 bridgehead atoms. The fourth-order valence-corrected chi connectivity index (χ4v) is 4.93. The Morgan fingerprint density at radius 2 is 1.69 bits per heavy atom. The number of amides is 1. The highest BCUT2D eigenvalue weighted by atomic mass is 16.5. The van der Waals surface area contributed by atoms with Crippen molar-refractivity contribution in [2.75, 3.05) is 48.8 Å². The predicted octanol–water partition coefficient (Wildman–Crippen LogP) is 6.42. The summed E-state index contributed by atoms with van der Waals surface area (Å²) in [5.74, 6) is 1.07. The van der Waals surface area contributed by atoms with Crippen molar-refractivity contribution in [1.82, 2.24) is 14.9 Å². The van der Waals surface area contributed by atoms with Crippen molar-refractivity contribution in [3.05, 3.63) is 89.6 Å². The molecule has 9 nitrogen and oxygen atoms in total. The quantitative estimate of drug-likeness (QED) is 0.240. The minimum Gasteiger partial charge on any atom is -0.490 e. The number of aryl methyl sites for hydroxylation is 2. The van der Waals surface area contributed by atoms with Gasteiger partial charge in [-0.05, 0) is 82.3 Å². The zero-order valence-corrected chi connectivity index (χ0v) is 24.8. The number of ether oxygens (including phenoxy) is 2. The molecule has 1 saturated heterocycles. The molecule has 1 unspecified atom stereocenters. The van der Waals surface area contributed by atoms with E-state index >= 15 is 0 Å². The standard InChI is InChI=1S/C33H38N6O3/c1-6-41-28-12-7-8-13-29(28)42-32-27(31(40)36-30-22(2)10-9-11-23(30)3)20-34-33(37-32)35-25-14-16-26(17-15-25)39-19-18-38(5)24(4)21-39/h7-17,20,24H,6,18-19,21H2,1-5H3,(H,36,40)(H,34,35,37). The fourth-order valence-electron chi connectivity index (χ4n) is 4.93. The van der Waals surface area contributed by atoms with Crippen LogP contribution in [-0.2, 0) is 0 Å². The molecular formula is C33H38N6O3. The van der Waals surface area contributed by atoms with Crippen LogP contribution >= 0.6 is 0 Å². The van der Waals surface area contributed by atoms with E-state index < -0.39 is 0 Å². The molecule has 0 aliphatic carbocycles. The summed E-state index contributed by atoms with van der Waals surface area (Å²) >= 11 is 0. The van der Waals surface area contributed by atoms with Crippen molar-refractivity contribution in [3.8, 4) is 17.4 Å². The van der Waals surface area contributed by atoms with E-state index in [1.165, 1.54) is 11.9 Å². The van der Waals surface area contributed by atoms with E-state index in [0.29, 0.717) is 30.1 Å². The third kappa shape index (κ3) is 6.63. The molecule has 1 atom stereocenters. The van der Waals surface area contributed by atoms with Crippen molar-refractivity contribution in [2.24, 2.45) is 0 Å². The Balaban J connectivity index is 1.41. The van der Waals surface area contributed by atoms with Crippen LogP contribution in [0.5, 0.6) is 17.4 Å². The Morgan fingerprint density at radius 3 is 2.38 bits per heavy atom. The molecule has 5 rings (SSSR count). The molecular weight excluding hydrogens is 528 g/mol. The topological polar surface area (TPSA) is 91.9 Å². The van der Waals surface area contributed by atoms with Gasteiger partial charge in [0.25, 0.3) is 5.91 Å². The number of carbonyl (C=O) groups excluding carboxylic acids is 1. The normalized spacial score (nSPS) is 15.3. The van der Waals surface area contributed by atoms with Crippen molar-refractivity contribution in [2.45, 2.75) is 33.7 Å². The summed E-state index contributed by atoms with van der Waals surface area (Å²) in [6, 6.07) is 21.9. The molecule has 2 N–H and O–H groups in total. The zero-order valence-electron chi connectivity index (χ0n) is 24.8. The fraction of sp³-hybridized carbons (Fsp3) is 0.303. The van der Waals surface area contributed by atoms with Gasteiger partial charge in [-0.1, -0.05) is 30.3 Å². The Bertz CT molecular complexity index is 1520. The van der Waals surface area contributed by atoms with E-state index in [1.807, 2.05) is 69.3 Å². The zero-order chi connectivity index (χ0) is 29.6. The lowest BCUT2D eigenvalue weighted by molar-refractivity contribution is 0.102. The van der Waals surface area contributed by atoms with Gasteiger partial charge in [0.05, 0.1) is 6.61 Å². The molecule has 9 heteroatoms. The van der Waals surface area contributed by atoms with Crippen LogP contribution in [0.3, 0.4) is 0 Å². The number of hydrogen-bond donors (Lipinski definition) is 2. The highest BCUT2D eigenvalue weighted by Crippen LogP contribution is 2.33. The molecule has 0 spiro atoms. The van der Waals surface area contributed by atoms with Crippen molar-refractivity contribution in [3.63, 3.8) is 0 Å². The number of rotatable bonds is 9. The lowest BCUT2D eigenvalue weighted by atomic mass is 10.1. The van der Waals surface area contributed by atoms with Crippen LogP contribution in [0.1, 0.15) is 35.3 Å². The summed E-state index contributed by atoms with van der Waals surface area (Å²) in [7, 11) is 2.17. The second-order valence-electron chi connectivity index (χ2n) is 10.6. The Hall–Kier alpha value is -4.63. The van der Waals surface area contributed by atoms with Crippen molar-refractivity contribution in [1.29, 1.82) is 0 Å². The van der Waals surface area contributed by atoms with Crippen LogP contribution < -0.4 is 25.0 Å². The summed E-state index contributed by atoms with van der Waals surface area (Å²) in [6.45, 7) is 11.6. The van der Waals surface area contributed by atoms with Gasteiger partial charge in [0, 0.05) is 48.9 Å². The monoisotopic (exact) mass is 566 g/mol. The number of piperazine rings is 1. The smallest absolute Gasteiger partial charge is 0.262 e. The first kappa shape index (κ1) is 28.9. The van der Waals surface area contributed by atoms with Crippen LogP contribution in [0.15, 0.2) is 72.9 Å². The summed E-state index contributed by atoms with van der Waals surface area (Å²) in [4.78, 5) is 27.4. The molecule has 2 heterocycles. The average molecular weight is 567 g/mol. The van der Waals surface area contributed by atoms with E-state index in [2.05, 4.69) is 56.5 Å². The molecule has 1 aliphatic rings. The van der Waals surface area contributed by atoms with Crippen LogP contribution in [0, 0.1) is 13.8 Å². The number of anilines is 4. The third-order valence-electron chi connectivity index (χ3n) is 7.52. The van der Waals surface area contributed by atoms with Crippen LogP contribution in [0.2, 0.25) is 0 Å². The molecule has 4 aromatic rings. The summed E-state index contributed by atoms with van der Waals surface area (Å²) in [5, 5.41) is 6.27. The van der Waals surface area contributed by atoms with Gasteiger partial charge in [0.15, 0.2) is 11.5 Å². The predicted molar refractivity (Wildman–Crippen MR) is 168 cm³/mol. The first-order valence-corrected chi connectivity index (χ1v) is 14.3. The largest absolute Gasteiger partial charge is 0.490 e. The van der Waals surface area contributed by atoms with E-state index in [4.69, 9.17) is 9.47 Å². The molecule has 1 fully saturated rings. The first-order chi connectivity index (χ1) is 20.3. The average Bonchev–Trinajstić information content (AvgIpc) is 2.98. The van der Waals surface area contributed by atoms with Gasteiger partial charge >= 0.3 is 0 Å². The van der Waals surface area contributed by atoms with Gasteiger partial charge in [-0.15, -0.1) is 0 Å². The lowest BCUT2D eigenvalue weighted by Crippen LogP contribution is -2.50. The number of benzene rings is 3. The van der Waals surface area contributed by atoms with Crippen LogP contribution in [0.25, 0.3) is 0 Å². The Morgan fingerprint density at radius 1 is 0.976 bits per heavy atom. The van der Waals surface area contributed by atoms with E-state index in [9.17, 15) is 4.79 Å². The van der Waals surface area contributed by atoms with E-state index in [0.717, 1.165) is 42.1 Å². The van der Waals surface area contributed by atoms with Crippen LogP contribution in [0.4, 0.5) is 23.0 Å². The molecule has 218 valence electrons. The first-order valence-electron chi connectivity index (χ1n) is 14.3.